The van der Waals surface area contributed by atoms with Crippen LogP contribution in [-0.2, 0) is 16.0 Å². The van der Waals surface area contributed by atoms with Gasteiger partial charge in [-0.05, 0) is 18.4 Å². The van der Waals surface area contributed by atoms with Crippen LogP contribution in [0.15, 0.2) is 42.2 Å². The van der Waals surface area contributed by atoms with Crippen LogP contribution in [0.2, 0.25) is 0 Å². The lowest BCUT2D eigenvalue weighted by atomic mass is 10.0. The summed E-state index contributed by atoms with van der Waals surface area (Å²) in [6.45, 7) is 2.33. The number of piperidine rings is 1. The van der Waals surface area contributed by atoms with Gasteiger partial charge < -0.3 is 30.0 Å². The van der Waals surface area contributed by atoms with Crippen molar-refractivity contribution in [3.63, 3.8) is 0 Å². The Kier molecular flexibility index (Phi) is 5.52. The molecule has 1 aromatic rings. The predicted molar refractivity (Wildman–Crippen MR) is 109 cm³/mol. The first kappa shape index (κ1) is 20.1. The molecule has 1 aromatic carbocycles. The largest absolute Gasteiger partial charge is 0.465 e. The Balaban J connectivity index is 1.36. The Labute approximate surface area is 175 Å². The number of carbonyl (C=O) groups excluding carboxylic acids is 2. The van der Waals surface area contributed by atoms with Gasteiger partial charge in [0.1, 0.15) is 11.7 Å². The van der Waals surface area contributed by atoms with Crippen molar-refractivity contribution in [2.45, 2.75) is 31.3 Å². The van der Waals surface area contributed by atoms with Gasteiger partial charge in [0.25, 0.3) is 5.91 Å². The third-order valence-corrected chi connectivity index (χ3v) is 5.98. The number of benzene rings is 1. The van der Waals surface area contributed by atoms with Gasteiger partial charge in [0.15, 0.2) is 0 Å². The summed E-state index contributed by atoms with van der Waals surface area (Å²) in [7, 11) is 1.95. The Morgan fingerprint density at radius 1 is 1.17 bits per heavy atom. The minimum atomic E-state index is -1.21. The molecule has 3 aliphatic heterocycles. The summed E-state index contributed by atoms with van der Waals surface area (Å²) in [5, 5.41) is 11.6. The van der Waals surface area contributed by atoms with E-state index in [1.807, 2.05) is 53.4 Å². The van der Waals surface area contributed by atoms with Crippen molar-refractivity contribution in [3.05, 3.63) is 47.8 Å². The molecule has 0 aromatic heterocycles. The number of hydrogen-bond acceptors (Lipinski definition) is 5. The SMILES string of the molecule is CN1C=C2C(=O)N(C3CCN(C(=O)[C@H](Cc4ccccc4)NC(=O)O)CC3)CN2C1. The standard InChI is InChI=1S/C21H27N5O4/c1-23-12-18-20(28)26(14-25(18)13-23)16-7-9-24(10-8-16)19(27)17(22-21(29)30)11-15-5-3-2-4-6-15/h2-6,12,16-17,22H,7-11,13-14H2,1H3,(H,29,30)/t17-/m0/s1. The lowest BCUT2D eigenvalue weighted by molar-refractivity contribution is -0.135. The van der Waals surface area contributed by atoms with Gasteiger partial charge in [-0.2, -0.15) is 0 Å². The predicted octanol–water partition coefficient (Wildman–Crippen LogP) is 0.702. The maximum atomic E-state index is 13.0. The second kappa shape index (κ2) is 8.25. The van der Waals surface area contributed by atoms with Gasteiger partial charge in [0, 0.05) is 38.8 Å². The van der Waals surface area contributed by atoms with Crippen molar-refractivity contribution in [1.82, 2.24) is 24.9 Å². The van der Waals surface area contributed by atoms with Crippen molar-refractivity contribution in [2.75, 3.05) is 33.5 Å². The number of amides is 3. The number of likely N-dealkylation sites (tertiary alicyclic amines) is 1. The second-order valence-corrected chi connectivity index (χ2v) is 8.12. The van der Waals surface area contributed by atoms with Crippen LogP contribution < -0.4 is 5.32 Å². The minimum absolute atomic E-state index is 0.0543. The zero-order chi connectivity index (χ0) is 21.3. The molecule has 0 unspecified atom stereocenters. The zero-order valence-corrected chi connectivity index (χ0v) is 17.0. The number of nitrogens with one attached hydrogen (secondary N) is 1. The molecule has 160 valence electrons. The number of carbonyl (C=O) groups is 3. The van der Waals surface area contributed by atoms with Gasteiger partial charge in [0.2, 0.25) is 5.91 Å². The van der Waals surface area contributed by atoms with Gasteiger partial charge in [-0.15, -0.1) is 0 Å². The number of nitrogens with zero attached hydrogens (tertiary/aromatic N) is 4. The fraction of sp³-hybridized carbons (Fsp3) is 0.476. The lowest BCUT2D eigenvalue weighted by Gasteiger charge is -2.38. The van der Waals surface area contributed by atoms with E-state index in [4.69, 9.17) is 0 Å². The molecule has 0 saturated carbocycles. The molecule has 0 aliphatic carbocycles. The molecule has 3 aliphatic rings. The van der Waals surface area contributed by atoms with Crippen molar-refractivity contribution in [2.24, 2.45) is 0 Å². The molecule has 2 fully saturated rings. The normalized spacial score (nSPS) is 20.3. The van der Waals surface area contributed by atoms with Gasteiger partial charge in [-0.1, -0.05) is 30.3 Å². The highest BCUT2D eigenvalue weighted by Gasteiger charge is 2.41. The van der Waals surface area contributed by atoms with E-state index in [1.165, 1.54) is 0 Å². The Morgan fingerprint density at radius 3 is 2.50 bits per heavy atom. The van der Waals surface area contributed by atoms with Crippen LogP contribution in [0.3, 0.4) is 0 Å². The van der Waals surface area contributed by atoms with E-state index >= 15 is 0 Å². The smallest absolute Gasteiger partial charge is 0.405 e. The topological polar surface area (TPSA) is 96.4 Å². The van der Waals surface area contributed by atoms with Gasteiger partial charge in [0.05, 0.1) is 13.3 Å². The van der Waals surface area contributed by atoms with Crippen molar-refractivity contribution >= 4 is 17.9 Å². The molecule has 2 N–H and O–H groups in total. The van der Waals surface area contributed by atoms with E-state index < -0.39 is 12.1 Å². The average Bonchev–Trinajstić information content (AvgIpc) is 3.24. The zero-order valence-electron chi connectivity index (χ0n) is 17.0. The third kappa shape index (κ3) is 4.05. The molecule has 0 bridgehead atoms. The van der Waals surface area contributed by atoms with Crippen LogP contribution in [0, 0.1) is 0 Å². The van der Waals surface area contributed by atoms with Crippen LogP contribution in [0.4, 0.5) is 4.79 Å². The number of carboxylic acid groups (broad SMARTS) is 1. The van der Waals surface area contributed by atoms with Crippen LogP contribution >= 0.6 is 0 Å². The molecule has 4 rings (SSSR count). The van der Waals surface area contributed by atoms with Gasteiger partial charge >= 0.3 is 6.09 Å². The maximum absolute atomic E-state index is 13.0. The van der Waals surface area contributed by atoms with Crippen LogP contribution in [0.25, 0.3) is 0 Å². The molecule has 30 heavy (non-hydrogen) atoms. The Bertz CT molecular complexity index is 850. The highest BCUT2D eigenvalue weighted by Crippen LogP contribution is 2.29. The van der Waals surface area contributed by atoms with E-state index in [1.54, 1.807) is 4.90 Å². The third-order valence-electron chi connectivity index (χ3n) is 5.98. The molecule has 9 heteroatoms. The van der Waals surface area contributed by atoms with E-state index in [0.29, 0.717) is 39.0 Å². The van der Waals surface area contributed by atoms with Crippen LogP contribution in [0.5, 0.6) is 0 Å². The molecule has 1 atom stereocenters. The summed E-state index contributed by atoms with van der Waals surface area (Å²) < 4.78 is 0. The molecule has 2 saturated heterocycles. The van der Waals surface area contributed by atoms with Crippen LogP contribution in [-0.4, -0.2) is 88.2 Å². The summed E-state index contributed by atoms with van der Waals surface area (Å²) >= 11 is 0. The monoisotopic (exact) mass is 413 g/mol. The van der Waals surface area contributed by atoms with Crippen molar-refractivity contribution in [1.29, 1.82) is 0 Å². The first-order valence-electron chi connectivity index (χ1n) is 10.2. The number of fused-ring (bicyclic) bond motifs is 1. The van der Waals surface area contributed by atoms with Crippen molar-refractivity contribution < 1.29 is 19.5 Å². The van der Waals surface area contributed by atoms with E-state index in [2.05, 4.69) is 10.2 Å². The summed E-state index contributed by atoms with van der Waals surface area (Å²) in [6, 6.07) is 8.66. The molecular weight excluding hydrogens is 386 g/mol. The molecule has 3 amide bonds. The molecular formula is C21H27N5O4. The van der Waals surface area contributed by atoms with Crippen molar-refractivity contribution in [3.8, 4) is 0 Å². The minimum Gasteiger partial charge on any atom is -0.465 e. The Morgan fingerprint density at radius 2 is 1.87 bits per heavy atom. The van der Waals surface area contributed by atoms with Gasteiger partial charge in [-0.3, -0.25) is 9.59 Å². The molecule has 3 heterocycles. The maximum Gasteiger partial charge on any atom is 0.405 e. The van der Waals surface area contributed by atoms with Gasteiger partial charge in [-0.25, -0.2) is 4.79 Å². The fourth-order valence-electron chi connectivity index (χ4n) is 4.48. The quantitative estimate of drug-likeness (QED) is 0.738. The average molecular weight is 413 g/mol. The molecule has 0 radical (unpaired) electrons. The lowest BCUT2D eigenvalue weighted by Crippen LogP contribution is -2.54. The summed E-state index contributed by atoms with van der Waals surface area (Å²) in [6.07, 6.45) is 2.37. The first-order valence-corrected chi connectivity index (χ1v) is 10.2. The highest BCUT2D eigenvalue weighted by atomic mass is 16.4. The van der Waals surface area contributed by atoms with E-state index in [0.717, 1.165) is 17.9 Å². The Hall–Kier alpha value is -3.23. The molecule has 0 spiro atoms. The molecule has 9 nitrogen and oxygen atoms in total. The first-order chi connectivity index (χ1) is 14.4. The highest BCUT2D eigenvalue weighted by molar-refractivity contribution is 5.95. The van der Waals surface area contributed by atoms with E-state index in [9.17, 15) is 19.5 Å². The van der Waals surface area contributed by atoms with E-state index in [-0.39, 0.29) is 17.9 Å². The van der Waals surface area contributed by atoms with Crippen LogP contribution in [0.1, 0.15) is 18.4 Å². The number of rotatable bonds is 5. The number of hydrogen-bond donors (Lipinski definition) is 2. The summed E-state index contributed by atoms with van der Waals surface area (Å²) in [5.41, 5.74) is 1.64. The fourth-order valence-corrected chi connectivity index (χ4v) is 4.48. The summed E-state index contributed by atoms with van der Waals surface area (Å²) in [5.74, 6) is -0.156. The summed E-state index contributed by atoms with van der Waals surface area (Å²) in [4.78, 5) is 44.6. The second-order valence-electron chi connectivity index (χ2n) is 8.12.